The van der Waals surface area contributed by atoms with Crippen molar-refractivity contribution in [2.75, 3.05) is 49.2 Å². The summed E-state index contributed by atoms with van der Waals surface area (Å²) in [6.07, 6.45) is 2.16. The zero-order valence-corrected chi connectivity index (χ0v) is 17.9. The Morgan fingerprint density at radius 1 is 1.07 bits per heavy atom. The molecule has 5 rings (SSSR count). The number of rotatable bonds is 3. The van der Waals surface area contributed by atoms with Gasteiger partial charge in [0, 0.05) is 39.4 Å². The van der Waals surface area contributed by atoms with Crippen LogP contribution in [0.5, 0.6) is 0 Å². The van der Waals surface area contributed by atoms with Crippen LogP contribution in [0.4, 0.5) is 11.8 Å². The van der Waals surface area contributed by atoms with Crippen LogP contribution in [0, 0.1) is 0 Å². The van der Waals surface area contributed by atoms with Gasteiger partial charge in [0.1, 0.15) is 0 Å². The number of hydrogen-bond acceptors (Lipinski definition) is 8. The third kappa shape index (κ3) is 3.58. The summed E-state index contributed by atoms with van der Waals surface area (Å²) in [5.41, 5.74) is 2.08. The standard InChI is InChI=1S/C20H26N6O2S/c1-13-11-26(12-14(2)28-13)20-22-15-10-17(16-4-5-21-24(16)3)29-18(15)19(23-20)25-6-8-27-9-7-25/h4-5,10,13-14H,6-9,11-12H2,1-3H3/t13-,14+. The predicted octanol–water partition coefficient (Wildman–Crippen LogP) is 2.54. The van der Waals surface area contributed by atoms with E-state index in [4.69, 9.17) is 19.4 Å². The van der Waals surface area contributed by atoms with Crippen LogP contribution in [0.1, 0.15) is 13.8 Å². The summed E-state index contributed by atoms with van der Waals surface area (Å²) >= 11 is 1.73. The lowest BCUT2D eigenvalue weighted by molar-refractivity contribution is -0.00569. The topological polar surface area (TPSA) is 68.5 Å². The average Bonchev–Trinajstić information content (AvgIpc) is 3.32. The highest BCUT2D eigenvalue weighted by molar-refractivity contribution is 7.22. The van der Waals surface area contributed by atoms with Gasteiger partial charge in [-0.25, -0.2) is 4.98 Å². The molecule has 0 spiro atoms. The molecule has 2 saturated heterocycles. The van der Waals surface area contributed by atoms with Crippen LogP contribution in [-0.2, 0) is 16.5 Å². The first-order chi connectivity index (χ1) is 14.1. The monoisotopic (exact) mass is 414 g/mol. The molecule has 0 saturated carbocycles. The van der Waals surface area contributed by atoms with Gasteiger partial charge in [0.2, 0.25) is 5.95 Å². The van der Waals surface area contributed by atoms with Crippen molar-refractivity contribution >= 4 is 33.3 Å². The molecule has 29 heavy (non-hydrogen) atoms. The molecule has 0 bridgehead atoms. The van der Waals surface area contributed by atoms with Crippen molar-refractivity contribution in [2.24, 2.45) is 7.05 Å². The van der Waals surface area contributed by atoms with Crippen molar-refractivity contribution in [3.63, 3.8) is 0 Å². The summed E-state index contributed by atoms with van der Waals surface area (Å²) < 4.78 is 14.5. The van der Waals surface area contributed by atoms with E-state index in [1.54, 1.807) is 11.3 Å². The smallest absolute Gasteiger partial charge is 0.228 e. The molecule has 2 aliphatic heterocycles. The Bertz CT molecular complexity index is 1000. The molecule has 0 aliphatic carbocycles. The number of nitrogens with zero attached hydrogens (tertiary/aromatic N) is 6. The highest BCUT2D eigenvalue weighted by Crippen LogP contribution is 2.38. The molecule has 0 radical (unpaired) electrons. The molecule has 0 N–H and O–H groups in total. The van der Waals surface area contributed by atoms with Gasteiger partial charge >= 0.3 is 0 Å². The van der Waals surface area contributed by atoms with Gasteiger partial charge in [0.05, 0.1) is 46.2 Å². The Balaban J connectivity index is 1.62. The lowest BCUT2D eigenvalue weighted by atomic mass is 10.2. The Morgan fingerprint density at radius 3 is 2.52 bits per heavy atom. The maximum atomic E-state index is 5.91. The number of thiophene rings is 1. The summed E-state index contributed by atoms with van der Waals surface area (Å²) in [5, 5.41) is 4.32. The largest absolute Gasteiger partial charge is 0.378 e. The molecule has 3 aromatic rings. The first-order valence-corrected chi connectivity index (χ1v) is 10.9. The normalized spacial score (nSPS) is 23.1. The molecule has 3 aromatic heterocycles. The second kappa shape index (κ2) is 7.55. The van der Waals surface area contributed by atoms with Gasteiger partial charge < -0.3 is 19.3 Å². The molecule has 0 unspecified atom stereocenters. The lowest BCUT2D eigenvalue weighted by Gasteiger charge is -2.36. The van der Waals surface area contributed by atoms with Crippen LogP contribution >= 0.6 is 11.3 Å². The predicted molar refractivity (Wildman–Crippen MR) is 115 cm³/mol. The highest BCUT2D eigenvalue weighted by atomic mass is 32.1. The minimum atomic E-state index is 0.164. The van der Waals surface area contributed by atoms with E-state index in [2.05, 4.69) is 34.8 Å². The van der Waals surface area contributed by atoms with E-state index in [0.29, 0.717) is 0 Å². The van der Waals surface area contributed by atoms with Crippen LogP contribution in [0.25, 0.3) is 20.8 Å². The third-order valence-corrected chi connectivity index (χ3v) is 6.57. The van der Waals surface area contributed by atoms with Crippen molar-refractivity contribution in [1.29, 1.82) is 0 Å². The van der Waals surface area contributed by atoms with E-state index in [9.17, 15) is 0 Å². The molecule has 5 heterocycles. The van der Waals surface area contributed by atoms with Crippen LogP contribution in [-0.4, -0.2) is 71.3 Å². The quantitative estimate of drug-likeness (QED) is 0.652. The van der Waals surface area contributed by atoms with E-state index < -0.39 is 0 Å². The van der Waals surface area contributed by atoms with Gasteiger partial charge in [0.25, 0.3) is 0 Å². The second-order valence-electron chi connectivity index (χ2n) is 7.77. The fourth-order valence-electron chi connectivity index (χ4n) is 4.12. The summed E-state index contributed by atoms with van der Waals surface area (Å²) in [5.74, 6) is 1.80. The molecular formula is C20H26N6O2S. The molecule has 0 aromatic carbocycles. The first-order valence-electron chi connectivity index (χ1n) is 10.1. The van der Waals surface area contributed by atoms with Crippen LogP contribution in [0.3, 0.4) is 0 Å². The Morgan fingerprint density at radius 2 is 1.83 bits per heavy atom. The van der Waals surface area contributed by atoms with Gasteiger partial charge in [0.15, 0.2) is 5.82 Å². The number of aryl methyl sites for hydroxylation is 1. The number of ether oxygens (including phenoxy) is 2. The zero-order chi connectivity index (χ0) is 20.0. The number of fused-ring (bicyclic) bond motifs is 1. The van der Waals surface area contributed by atoms with E-state index in [1.165, 1.54) is 0 Å². The molecular weight excluding hydrogens is 388 g/mol. The van der Waals surface area contributed by atoms with E-state index >= 15 is 0 Å². The minimum Gasteiger partial charge on any atom is -0.378 e. The Kier molecular flexibility index (Phi) is 4.89. The second-order valence-corrected chi connectivity index (χ2v) is 8.83. The fraction of sp³-hybridized carbons (Fsp3) is 0.550. The van der Waals surface area contributed by atoms with Crippen LogP contribution in [0.15, 0.2) is 18.3 Å². The van der Waals surface area contributed by atoms with Gasteiger partial charge in [-0.15, -0.1) is 11.3 Å². The van der Waals surface area contributed by atoms with E-state index in [1.807, 2.05) is 24.0 Å². The summed E-state index contributed by atoms with van der Waals surface area (Å²) in [4.78, 5) is 15.8. The number of aromatic nitrogens is 4. The fourth-order valence-corrected chi connectivity index (χ4v) is 5.29. The number of morpholine rings is 2. The number of hydrogen-bond donors (Lipinski definition) is 0. The highest BCUT2D eigenvalue weighted by Gasteiger charge is 2.27. The molecule has 8 nitrogen and oxygen atoms in total. The van der Waals surface area contributed by atoms with Gasteiger partial charge in [-0.1, -0.05) is 0 Å². The Labute approximate surface area is 174 Å². The molecule has 9 heteroatoms. The molecule has 0 amide bonds. The summed E-state index contributed by atoms with van der Waals surface area (Å²) in [6, 6.07) is 4.21. The van der Waals surface area contributed by atoms with E-state index in [0.717, 1.165) is 71.9 Å². The molecule has 154 valence electrons. The summed E-state index contributed by atoms with van der Waals surface area (Å²) in [6.45, 7) is 8.97. The third-order valence-electron chi connectivity index (χ3n) is 5.43. The average molecular weight is 415 g/mol. The van der Waals surface area contributed by atoms with Crippen LogP contribution < -0.4 is 9.80 Å². The van der Waals surface area contributed by atoms with Crippen molar-refractivity contribution in [2.45, 2.75) is 26.1 Å². The molecule has 2 atom stereocenters. The minimum absolute atomic E-state index is 0.164. The molecule has 2 aliphatic rings. The van der Waals surface area contributed by atoms with Crippen molar-refractivity contribution in [3.05, 3.63) is 18.3 Å². The maximum absolute atomic E-state index is 5.91. The summed E-state index contributed by atoms with van der Waals surface area (Å²) in [7, 11) is 1.97. The first kappa shape index (κ1) is 18.8. The lowest BCUT2D eigenvalue weighted by Crippen LogP contribution is -2.46. The van der Waals surface area contributed by atoms with Crippen LogP contribution in [0.2, 0.25) is 0 Å². The van der Waals surface area contributed by atoms with Gasteiger partial charge in [-0.05, 0) is 26.0 Å². The van der Waals surface area contributed by atoms with Crippen molar-refractivity contribution in [3.8, 4) is 10.6 Å². The molecule has 2 fully saturated rings. The zero-order valence-electron chi connectivity index (χ0n) is 17.0. The van der Waals surface area contributed by atoms with Gasteiger partial charge in [-0.2, -0.15) is 10.1 Å². The van der Waals surface area contributed by atoms with Gasteiger partial charge in [-0.3, -0.25) is 4.68 Å². The van der Waals surface area contributed by atoms with Crippen molar-refractivity contribution < 1.29 is 9.47 Å². The SMILES string of the molecule is C[C@@H]1CN(c2nc(N3CCOCC3)c3sc(-c4ccnn4C)cc3n2)C[C@H](C)O1. The Hall–Kier alpha value is -2.23. The maximum Gasteiger partial charge on any atom is 0.228 e. The van der Waals surface area contributed by atoms with Crippen molar-refractivity contribution in [1.82, 2.24) is 19.7 Å². The van der Waals surface area contributed by atoms with E-state index in [-0.39, 0.29) is 12.2 Å². The number of anilines is 2.